The Morgan fingerprint density at radius 2 is 1.70 bits per heavy atom. The fraction of sp³-hybridized carbons (Fsp3) is 0.278. The third kappa shape index (κ3) is 5.21. The van der Waals surface area contributed by atoms with Crippen LogP contribution in [-0.2, 0) is 6.42 Å². The molecule has 120 valence electrons. The maximum atomic E-state index is 12.1. The fourth-order valence-electron chi connectivity index (χ4n) is 2.10. The molecule has 0 fully saturated rings. The van der Waals surface area contributed by atoms with Crippen molar-refractivity contribution in [1.29, 1.82) is 0 Å². The fourth-order valence-corrected chi connectivity index (χ4v) is 2.10. The lowest BCUT2D eigenvalue weighted by atomic mass is 10.1. The molecule has 0 unspecified atom stereocenters. The second-order valence-corrected chi connectivity index (χ2v) is 5.58. The van der Waals surface area contributed by atoms with Gasteiger partial charge in [-0.1, -0.05) is 30.3 Å². The number of rotatable bonds is 6. The van der Waals surface area contributed by atoms with E-state index in [1.807, 2.05) is 44.2 Å². The van der Waals surface area contributed by atoms with Gasteiger partial charge in [-0.15, -0.1) is 0 Å². The van der Waals surface area contributed by atoms with E-state index in [0.717, 1.165) is 12.0 Å². The summed E-state index contributed by atoms with van der Waals surface area (Å²) in [5.41, 5.74) is 1.93. The van der Waals surface area contributed by atoms with E-state index in [1.165, 1.54) is 12.4 Å². The summed E-state index contributed by atoms with van der Waals surface area (Å²) < 4.78 is 0. The molecule has 0 aliphatic carbocycles. The Morgan fingerprint density at radius 1 is 1.04 bits per heavy atom. The predicted molar refractivity (Wildman–Crippen MR) is 89.3 cm³/mol. The highest BCUT2D eigenvalue weighted by Crippen LogP contribution is 2.04. The third-order valence-electron chi connectivity index (χ3n) is 3.22. The molecule has 0 aliphatic rings. The molecular weight excluding hydrogens is 290 g/mol. The Balaban J connectivity index is 1.93. The zero-order valence-electron chi connectivity index (χ0n) is 13.4. The maximum Gasteiger partial charge on any atom is 0.253 e. The Hall–Kier alpha value is -2.69. The number of pyridine rings is 1. The summed E-state index contributed by atoms with van der Waals surface area (Å²) in [6, 6.07) is 11.5. The first-order valence-electron chi connectivity index (χ1n) is 7.64. The van der Waals surface area contributed by atoms with E-state index in [-0.39, 0.29) is 17.9 Å². The van der Waals surface area contributed by atoms with Crippen molar-refractivity contribution in [3.8, 4) is 0 Å². The molecule has 2 N–H and O–H groups in total. The number of benzene rings is 1. The number of carbonyl (C=O) groups excluding carboxylic acids is 2. The van der Waals surface area contributed by atoms with Gasteiger partial charge in [0.25, 0.3) is 11.8 Å². The number of carbonyl (C=O) groups is 2. The van der Waals surface area contributed by atoms with Crippen LogP contribution in [0.3, 0.4) is 0 Å². The van der Waals surface area contributed by atoms with Crippen molar-refractivity contribution in [2.75, 3.05) is 6.54 Å². The highest BCUT2D eigenvalue weighted by Gasteiger charge is 2.11. The maximum absolute atomic E-state index is 12.1. The van der Waals surface area contributed by atoms with Gasteiger partial charge in [-0.25, -0.2) is 0 Å². The molecule has 0 spiro atoms. The Bertz CT molecular complexity index is 669. The molecule has 0 aliphatic heterocycles. The van der Waals surface area contributed by atoms with Gasteiger partial charge >= 0.3 is 0 Å². The van der Waals surface area contributed by atoms with Crippen LogP contribution in [-0.4, -0.2) is 29.4 Å². The van der Waals surface area contributed by atoms with Crippen molar-refractivity contribution in [2.24, 2.45) is 0 Å². The Labute approximate surface area is 136 Å². The van der Waals surface area contributed by atoms with Gasteiger partial charge in [-0.05, 0) is 31.9 Å². The first-order valence-corrected chi connectivity index (χ1v) is 7.64. The van der Waals surface area contributed by atoms with Gasteiger partial charge in [0.1, 0.15) is 0 Å². The molecule has 2 rings (SSSR count). The number of aromatic nitrogens is 1. The lowest BCUT2D eigenvalue weighted by molar-refractivity contribution is 0.0942. The molecule has 23 heavy (non-hydrogen) atoms. The summed E-state index contributed by atoms with van der Waals surface area (Å²) in [7, 11) is 0. The highest BCUT2D eigenvalue weighted by atomic mass is 16.2. The van der Waals surface area contributed by atoms with Crippen LogP contribution in [0, 0.1) is 0 Å². The molecule has 1 heterocycles. The molecule has 5 nitrogen and oxygen atoms in total. The van der Waals surface area contributed by atoms with Crippen molar-refractivity contribution >= 4 is 11.8 Å². The number of nitrogens with zero attached hydrogens (tertiary/aromatic N) is 1. The van der Waals surface area contributed by atoms with Gasteiger partial charge in [0.15, 0.2) is 0 Å². The Morgan fingerprint density at radius 3 is 2.35 bits per heavy atom. The van der Waals surface area contributed by atoms with Crippen molar-refractivity contribution in [3.63, 3.8) is 0 Å². The molecule has 1 aromatic carbocycles. The van der Waals surface area contributed by atoms with E-state index in [1.54, 1.807) is 6.07 Å². The summed E-state index contributed by atoms with van der Waals surface area (Å²) in [4.78, 5) is 28.1. The summed E-state index contributed by atoms with van der Waals surface area (Å²) in [5.74, 6) is -0.459. The average Bonchev–Trinajstić information content (AvgIpc) is 2.55. The second-order valence-electron chi connectivity index (χ2n) is 5.58. The smallest absolute Gasteiger partial charge is 0.253 e. The molecular formula is C18H21N3O2. The lowest BCUT2D eigenvalue weighted by Crippen LogP contribution is -2.31. The summed E-state index contributed by atoms with van der Waals surface area (Å²) >= 11 is 0. The molecule has 0 atom stereocenters. The molecule has 5 heteroatoms. The largest absolute Gasteiger partial charge is 0.352 e. The zero-order valence-corrected chi connectivity index (χ0v) is 13.4. The van der Waals surface area contributed by atoms with E-state index in [2.05, 4.69) is 15.6 Å². The monoisotopic (exact) mass is 311 g/mol. The topological polar surface area (TPSA) is 71.1 Å². The molecule has 2 aromatic rings. The van der Waals surface area contributed by atoms with Crippen LogP contribution in [0.2, 0.25) is 0 Å². The molecule has 2 amide bonds. The quantitative estimate of drug-likeness (QED) is 0.859. The minimum Gasteiger partial charge on any atom is -0.352 e. The normalized spacial score (nSPS) is 10.4. The van der Waals surface area contributed by atoms with Crippen LogP contribution >= 0.6 is 0 Å². The molecule has 1 aromatic heterocycles. The number of hydrogen-bond acceptors (Lipinski definition) is 3. The number of hydrogen-bond donors (Lipinski definition) is 2. The van der Waals surface area contributed by atoms with E-state index >= 15 is 0 Å². The second kappa shape index (κ2) is 8.08. The van der Waals surface area contributed by atoms with E-state index in [0.29, 0.717) is 17.7 Å². The molecule has 0 bridgehead atoms. The summed E-state index contributed by atoms with van der Waals surface area (Å²) in [6.45, 7) is 4.29. The van der Waals surface area contributed by atoms with Crippen LogP contribution < -0.4 is 10.6 Å². The lowest BCUT2D eigenvalue weighted by Gasteiger charge is -2.09. The Kier molecular flexibility index (Phi) is 5.86. The van der Waals surface area contributed by atoms with Crippen molar-refractivity contribution < 1.29 is 9.59 Å². The minimum absolute atomic E-state index is 0.0332. The first kappa shape index (κ1) is 16.7. The van der Waals surface area contributed by atoms with Crippen LogP contribution in [0.5, 0.6) is 0 Å². The van der Waals surface area contributed by atoms with Gasteiger partial charge in [0.05, 0.1) is 11.1 Å². The molecule has 0 saturated heterocycles. The SMILES string of the molecule is CC(C)NC(=O)c1cncc(C(=O)NCCc2ccccc2)c1. The van der Waals surface area contributed by atoms with E-state index in [4.69, 9.17) is 0 Å². The van der Waals surface area contributed by atoms with Gasteiger partial charge < -0.3 is 10.6 Å². The zero-order chi connectivity index (χ0) is 16.7. The number of nitrogens with one attached hydrogen (secondary N) is 2. The van der Waals surface area contributed by atoms with Crippen molar-refractivity contribution in [2.45, 2.75) is 26.3 Å². The van der Waals surface area contributed by atoms with Gasteiger partial charge in [0.2, 0.25) is 0 Å². The standard InChI is InChI=1S/C18H21N3O2/c1-13(2)21-18(23)16-10-15(11-19-12-16)17(22)20-9-8-14-6-4-3-5-7-14/h3-7,10-13H,8-9H2,1-2H3,(H,20,22)(H,21,23). The van der Waals surface area contributed by atoms with Crippen molar-refractivity contribution in [3.05, 3.63) is 65.5 Å². The summed E-state index contributed by atoms with van der Waals surface area (Å²) in [5, 5.41) is 5.62. The van der Waals surface area contributed by atoms with Crippen LogP contribution in [0.1, 0.15) is 40.1 Å². The van der Waals surface area contributed by atoms with Gasteiger partial charge in [-0.2, -0.15) is 0 Å². The van der Waals surface area contributed by atoms with Gasteiger partial charge in [-0.3, -0.25) is 14.6 Å². The third-order valence-corrected chi connectivity index (χ3v) is 3.22. The minimum atomic E-state index is -0.230. The van der Waals surface area contributed by atoms with E-state index in [9.17, 15) is 9.59 Å². The van der Waals surface area contributed by atoms with Crippen LogP contribution in [0.15, 0.2) is 48.8 Å². The summed E-state index contributed by atoms with van der Waals surface area (Å²) in [6.07, 6.45) is 3.68. The predicted octanol–water partition coefficient (Wildman–Crippen LogP) is 2.19. The highest BCUT2D eigenvalue weighted by molar-refractivity contribution is 5.99. The molecule has 0 radical (unpaired) electrons. The first-order chi connectivity index (χ1) is 11.1. The number of amides is 2. The van der Waals surface area contributed by atoms with Crippen LogP contribution in [0.25, 0.3) is 0 Å². The molecule has 0 saturated carbocycles. The van der Waals surface area contributed by atoms with E-state index < -0.39 is 0 Å². The van der Waals surface area contributed by atoms with Gasteiger partial charge in [0, 0.05) is 25.0 Å². The average molecular weight is 311 g/mol. The van der Waals surface area contributed by atoms with Crippen molar-refractivity contribution in [1.82, 2.24) is 15.6 Å². The van der Waals surface area contributed by atoms with Crippen LogP contribution in [0.4, 0.5) is 0 Å².